The molecule has 1 saturated carbocycles. The smallest absolute Gasteiger partial charge is 0.271 e. The molecule has 1 aromatic heterocycles. The lowest BCUT2D eigenvalue weighted by molar-refractivity contribution is -0.384. The quantitative estimate of drug-likeness (QED) is 0.445. The van der Waals surface area contributed by atoms with E-state index in [-0.39, 0.29) is 17.3 Å². The lowest BCUT2D eigenvalue weighted by Crippen LogP contribution is -2.14. The van der Waals surface area contributed by atoms with Crippen molar-refractivity contribution in [2.24, 2.45) is 5.92 Å². The molecule has 0 unspecified atom stereocenters. The van der Waals surface area contributed by atoms with Gasteiger partial charge in [-0.25, -0.2) is 4.98 Å². The number of nitrogens with zero attached hydrogens (tertiary/aromatic N) is 3. The van der Waals surface area contributed by atoms with Gasteiger partial charge in [-0.2, -0.15) is 0 Å². The monoisotopic (exact) mass is 361 g/mol. The highest BCUT2D eigenvalue weighted by Crippen LogP contribution is 2.27. The van der Waals surface area contributed by atoms with Gasteiger partial charge in [-0.15, -0.1) is 5.10 Å². The van der Waals surface area contributed by atoms with Gasteiger partial charge in [0.05, 0.1) is 10.7 Å². The summed E-state index contributed by atoms with van der Waals surface area (Å²) in [4.78, 5) is 26.7. The fourth-order valence-electron chi connectivity index (χ4n) is 2.95. The van der Waals surface area contributed by atoms with Crippen LogP contribution in [0.25, 0.3) is 0 Å². The zero-order valence-corrected chi connectivity index (χ0v) is 14.4. The molecule has 0 saturated heterocycles. The Hall–Kier alpha value is -2.42. The van der Waals surface area contributed by atoms with Gasteiger partial charge in [0.25, 0.3) is 5.69 Å². The minimum Gasteiger partial charge on any atom is -0.325 e. The predicted octanol–water partition coefficient (Wildman–Crippen LogP) is 3.18. The van der Waals surface area contributed by atoms with Gasteiger partial charge < -0.3 is 5.32 Å². The summed E-state index contributed by atoms with van der Waals surface area (Å²) >= 11 is 1.24. The number of non-ortho nitro benzene ring substituents is 1. The standard InChI is InChI=1S/C16H19N5O3S/c22-15(17-12-6-3-7-13(9-12)21(23)24)10-25-16-18-14(19-20-16)8-11-4-1-2-5-11/h3,6-7,9,11H,1-2,4-5,8,10H2,(H,17,22)(H,18,19,20). The van der Waals surface area contributed by atoms with E-state index in [2.05, 4.69) is 20.5 Å². The number of hydrogen-bond donors (Lipinski definition) is 2. The molecule has 0 aliphatic heterocycles. The number of thioether (sulfide) groups is 1. The molecule has 0 bridgehead atoms. The summed E-state index contributed by atoms with van der Waals surface area (Å²) in [6.07, 6.45) is 5.98. The van der Waals surface area contributed by atoms with Crippen LogP contribution in [0.4, 0.5) is 11.4 Å². The Morgan fingerprint density at radius 2 is 2.20 bits per heavy atom. The second kappa shape index (κ2) is 8.11. The maximum absolute atomic E-state index is 12.0. The molecule has 0 atom stereocenters. The summed E-state index contributed by atoms with van der Waals surface area (Å²) in [6, 6.07) is 5.85. The number of nitrogens with one attached hydrogen (secondary N) is 2. The molecule has 132 valence electrons. The highest BCUT2D eigenvalue weighted by atomic mass is 32.2. The number of amides is 1. The van der Waals surface area contributed by atoms with E-state index in [1.165, 1.54) is 55.6 Å². The van der Waals surface area contributed by atoms with Crippen LogP contribution < -0.4 is 5.32 Å². The van der Waals surface area contributed by atoms with Crippen LogP contribution in [0.2, 0.25) is 0 Å². The number of benzene rings is 1. The molecule has 8 nitrogen and oxygen atoms in total. The SMILES string of the molecule is O=C(CSc1n[nH]c(CC2CCCC2)n1)Nc1cccc([N+](=O)[O-])c1. The van der Waals surface area contributed by atoms with Crippen molar-refractivity contribution in [3.63, 3.8) is 0 Å². The Kier molecular flexibility index (Phi) is 5.64. The van der Waals surface area contributed by atoms with Crippen LogP contribution in [0.5, 0.6) is 0 Å². The molecule has 1 heterocycles. The maximum Gasteiger partial charge on any atom is 0.271 e. The largest absolute Gasteiger partial charge is 0.325 e. The predicted molar refractivity (Wildman–Crippen MR) is 94.5 cm³/mol. The number of anilines is 1. The van der Waals surface area contributed by atoms with Crippen LogP contribution in [0, 0.1) is 16.0 Å². The molecule has 1 amide bonds. The van der Waals surface area contributed by atoms with Crippen LogP contribution >= 0.6 is 11.8 Å². The molecule has 1 aliphatic carbocycles. The zero-order valence-electron chi connectivity index (χ0n) is 13.6. The van der Waals surface area contributed by atoms with E-state index in [1.807, 2.05) is 0 Å². The molecule has 2 N–H and O–H groups in total. The summed E-state index contributed by atoms with van der Waals surface area (Å²) in [5.41, 5.74) is 0.340. The van der Waals surface area contributed by atoms with Crippen LogP contribution in [0.1, 0.15) is 31.5 Å². The summed E-state index contributed by atoms with van der Waals surface area (Å²) in [5.74, 6) is 1.44. The molecule has 1 aliphatic rings. The number of carbonyl (C=O) groups excluding carboxylic acids is 1. The Bertz CT molecular complexity index is 758. The zero-order chi connectivity index (χ0) is 17.6. The van der Waals surface area contributed by atoms with Crippen molar-refractivity contribution in [3.8, 4) is 0 Å². The Morgan fingerprint density at radius 1 is 1.40 bits per heavy atom. The van der Waals surface area contributed by atoms with E-state index in [1.54, 1.807) is 6.07 Å². The van der Waals surface area contributed by atoms with E-state index in [0.29, 0.717) is 16.8 Å². The van der Waals surface area contributed by atoms with Gasteiger partial charge in [-0.1, -0.05) is 43.5 Å². The molecule has 0 spiro atoms. The van der Waals surface area contributed by atoms with Crippen molar-refractivity contribution < 1.29 is 9.72 Å². The van der Waals surface area contributed by atoms with Gasteiger partial charge in [-0.3, -0.25) is 20.0 Å². The summed E-state index contributed by atoms with van der Waals surface area (Å²) < 4.78 is 0. The molecular weight excluding hydrogens is 342 g/mol. The van der Waals surface area contributed by atoms with Crippen LogP contribution in [-0.4, -0.2) is 31.8 Å². The molecule has 25 heavy (non-hydrogen) atoms. The van der Waals surface area contributed by atoms with Crippen molar-refractivity contribution in [3.05, 3.63) is 40.2 Å². The molecule has 0 radical (unpaired) electrons. The normalized spacial score (nSPS) is 14.6. The second-order valence-corrected chi connectivity index (χ2v) is 7.01. The first-order valence-electron chi connectivity index (χ1n) is 8.18. The van der Waals surface area contributed by atoms with E-state index >= 15 is 0 Å². The van der Waals surface area contributed by atoms with Crippen molar-refractivity contribution in [1.29, 1.82) is 0 Å². The lowest BCUT2D eigenvalue weighted by Gasteiger charge is -2.04. The first kappa shape index (κ1) is 17.4. The van der Waals surface area contributed by atoms with Crippen molar-refractivity contribution in [2.75, 3.05) is 11.1 Å². The fourth-order valence-corrected chi connectivity index (χ4v) is 3.56. The van der Waals surface area contributed by atoms with Crippen LogP contribution in [0.3, 0.4) is 0 Å². The van der Waals surface area contributed by atoms with Crippen molar-refractivity contribution >= 4 is 29.0 Å². The highest BCUT2D eigenvalue weighted by Gasteiger charge is 2.17. The average molecular weight is 361 g/mol. The lowest BCUT2D eigenvalue weighted by atomic mass is 10.0. The number of nitro benzene ring substituents is 1. The number of carbonyl (C=O) groups is 1. The molecule has 3 rings (SSSR count). The third kappa shape index (κ3) is 5.02. The third-order valence-electron chi connectivity index (χ3n) is 4.14. The third-order valence-corrected chi connectivity index (χ3v) is 4.99. The fraction of sp³-hybridized carbons (Fsp3) is 0.438. The minimum absolute atomic E-state index is 0.0593. The number of hydrogen-bond acceptors (Lipinski definition) is 6. The molecule has 9 heteroatoms. The average Bonchev–Trinajstić information content (AvgIpc) is 3.25. The number of aromatic amines is 1. The molecular formula is C16H19N5O3S. The van der Waals surface area contributed by atoms with E-state index in [4.69, 9.17) is 0 Å². The Balaban J connectivity index is 1.48. The second-order valence-electron chi connectivity index (χ2n) is 6.06. The van der Waals surface area contributed by atoms with Crippen molar-refractivity contribution in [1.82, 2.24) is 15.2 Å². The summed E-state index contributed by atoms with van der Waals surface area (Å²) in [5, 5.41) is 21.0. The van der Waals surface area contributed by atoms with E-state index < -0.39 is 4.92 Å². The Labute approximate surface area is 149 Å². The van der Waals surface area contributed by atoms with Gasteiger partial charge in [0.2, 0.25) is 11.1 Å². The topological polar surface area (TPSA) is 114 Å². The number of H-pyrrole nitrogens is 1. The first-order valence-corrected chi connectivity index (χ1v) is 9.17. The van der Waals surface area contributed by atoms with Gasteiger partial charge >= 0.3 is 0 Å². The molecule has 1 fully saturated rings. The van der Waals surface area contributed by atoms with Crippen LogP contribution in [-0.2, 0) is 11.2 Å². The maximum atomic E-state index is 12.0. The van der Waals surface area contributed by atoms with E-state index in [9.17, 15) is 14.9 Å². The number of aromatic nitrogens is 3. The van der Waals surface area contributed by atoms with Crippen LogP contribution in [0.15, 0.2) is 29.4 Å². The number of nitro groups is 1. The van der Waals surface area contributed by atoms with Crippen molar-refractivity contribution in [2.45, 2.75) is 37.3 Å². The van der Waals surface area contributed by atoms with Gasteiger partial charge in [-0.05, 0) is 12.0 Å². The van der Waals surface area contributed by atoms with Gasteiger partial charge in [0.15, 0.2) is 0 Å². The molecule has 1 aromatic carbocycles. The minimum atomic E-state index is -0.496. The first-order chi connectivity index (χ1) is 12.1. The molecule has 2 aromatic rings. The summed E-state index contributed by atoms with van der Waals surface area (Å²) in [6.45, 7) is 0. The highest BCUT2D eigenvalue weighted by molar-refractivity contribution is 7.99. The van der Waals surface area contributed by atoms with Gasteiger partial charge in [0, 0.05) is 24.2 Å². The Morgan fingerprint density at radius 3 is 2.96 bits per heavy atom. The van der Waals surface area contributed by atoms with E-state index in [0.717, 1.165) is 12.2 Å². The van der Waals surface area contributed by atoms with Gasteiger partial charge in [0.1, 0.15) is 5.82 Å². The summed E-state index contributed by atoms with van der Waals surface area (Å²) in [7, 11) is 0. The number of rotatable bonds is 7.